The van der Waals surface area contributed by atoms with Crippen molar-refractivity contribution in [3.05, 3.63) is 58.1 Å². The van der Waals surface area contributed by atoms with E-state index in [4.69, 9.17) is 11.6 Å². The second kappa shape index (κ2) is 12.1. The molecule has 0 aromatic heterocycles. The number of hydrogen-bond acceptors (Lipinski definition) is 4. The van der Waals surface area contributed by atoms with Crippen molar-refractivity contribution in [1.29, 1.82) is 0 Å². The van der Waals surface area contributed by atoms with Gasteiger partial charge in [-0.15, -0.1) is 0 Å². The lowest BCUT2D eigenvalue weighted by molar-refractivity contribution is -0.139. The molecule has 0 unspecified atom stereocenters. The molecule has 1 atom stereocenters. The fourth-order valence-electron chi connectivity index (χ4n) is 4.63. The second-order valence-electron chi connectivity index (χ2n) is 10.1. The molecule has 1 heterocycles. The summed E-state index contributed by atoms with van der Waals surface area (Å²) in [6.07, 6.45) is -2.80. The number of amides is 2. The smallest absolute Gasteiger partial charge is 0.367 e. The van der Waals surface area contributed by atoms with Crippen molar-refractivity contribution in [3.63, 3.8) is 0 Å². The van der Waals surface area contributed by atoms with Gasteiger partial charge < -0.3 is 15.5 Å². The predicted octanol–water partition coefficient (Wildman–Crippen LogP) is 5.75. The van der Waals surface area contributed by atoms with Crippen molar-refractivity contribution in [2.75, 3.05) is 36.4 Å². The van der Waals surface area contributed by atoms with Crippen molar-refractivity contribution >= 4 is 34.8 Å². The van der Waals surface area contributed by atoms with Gasteiger partial charge in [0.25, 0.3) is 5.91 Å². The lowest BCUT2D eigenvalue weighted by Gasteiger charge is -2.41. The fraction of sp³-hybridized carbons (Fsp3) is 0.481. The number of anilines is 2. The molecule has 0 bridgehead atoms. The fourth-order valence-corrected chi connectivity index (χ4v) is 4.80. The van der Waals surface area contributed by atoms with E-state index in [9.17, 15) is 31.5 Å². The summed E-state index contributed by atoms with van der Waals surface area (Å²) in [5, 5.41) is 5.56. The average Bonchev–Trinajstić information content (AvgIpc) is 3.68. The summed E-state index contributed by atoms with van der Waals surface area (Å²) in [5.41, 5.74) is 0.246. The first-order chi connectivity index (χ1) is 18.4. The monoisotopic (exact) mass is 572 g/mol. The maximum Gasteiger partial charge on any atom is 0.390 e. The van der Waals surface area contributed by atoms with E-state index < -0.39 is 35.7 Å². The molecule has 12 heteroatoms. The van der Waals surface area contributed by atoms with E-state index in [1.807, 2.05) is 11.8 Å². The quantitative estimate of drug-likeness (QED) is 0.376. The number of hydrogen-bond donors (Lipinski definition) is 2. The van der Waals surface area contributed by atoms with Crippen LogP contribution in [0.4, 0.5) is 33.3 Å². The zero-order chi connectivity index (χ0) is 28.3. The third-order valence-electron chi connectivity index (χ3n) is 7.05. The Labute approximate surface area is 228 Å². The third-order valence-corrected chi connectivity index (χ3v) is 7.29. The third kappa shape index (κ3) is 7.82. The largest absolute Gasteiger partial charge is 0.390 e. The van der Waals surface area contributed by atoms with E-state index in [1.54, 1.807) is 11.0 Å². The van der Waals surface area contributed by atoms with Crippen molar-refractivity contribution in [2.24, 2.45) is 5.92 Å². The van der Waals surface area contributed by atoms with Gasteiger partial charge in [-0.25, -0.2) is 8.78 Å². The molecule has 2 aliphatic rings. The standard InChI is InChI=1S/C27H30ClF5N4O2/c1-16-15-37(11-10-36(16)9-8-27(31,32)33)22-13-19(28)5-7-21(22)35-26(39)20-6-4-18(24(29)25(20)30)14-34-23(38)12-17-2-3-17/h4-7,13,16-17H,2-3,8-12,14-15H2,1H3,(H,34,38)(H,35,39)/t16-/m1/s1. The maximum atomic E-state index is 14.9. The molecule has 2 fully saturated rings. The Morgan fingerprint density at radius 1 is 1.08 bits per heavy atom. The summed E-state index contributed by atoms with van der Waals surface area (Å²) in [5.74, 6) is -3.30. The molecule has 2 aromatic rings. The number of halogens is 6. The van der Waals surface area contributed by atoms with Crippen LogP contribution in [0.1, 0.15) is 48.5 Å². The van der Waals surface area contributed by atoms with E-state index >= 15 is 0 Å². The van der Waals surface area contributed by atoms with E-state index in [2.05, 4.69) is 10.6 Å². The van der Waals surface area contributed by atoms with Crippen molar-refractivity contribution in [2.45, 2.75) is 51.4 Å². The Kier molecular flexibility index (Phi) is 9.00. The Bertz CT molecular complexity index is 1220. The van der Waals surface area contributed by atoms with Gasteiger partial charge in [-0.05, 0) is 49.9 Å². The highest BCUT2D eigenvalue weighted by molar-refractivity contribution is 6.31. The van der Waals surface area contributed by atoms with E-state index in [0.717, 1.165) is 18.9 Å². The average molecular weight is 573 g/mol. The molecule has 2 aromatic carbocycles. The molecule has 212 valence electrons. The molecule has 1 saturated heterocycles. The summed E-state index contributed by atoms with van der Waals surface area (Å²) >= 11 is 6.19. The highest BCUT2D eigenvalue weighted by Crippen LogP contribution is 2.33. The van der Waals surface area contributed by atoms with Crippen LogP contribution in [0.2, 0.25) is 5.02 Å². The van der Waals surface area contributed by atoms with E-state index in [0.29, 0.717) is 48.4 Å². The molecule has 6 nitrogen and oxygen atoms in total. The molecular formula is C27H30ClF5N4O2. The number of benzene rings is 2. The van der Waals surface area contributed by atoms with Crippen molar-refractivity contribution in [3.8, 4) is 0 Å². The number of nitrogens with one attached hydrogen (secondary N) is 2. The zero-order valence-electron chi connectivity index (χ0n) is 21.4. The molecule has 0 spiro atoms. The number of rotatable bonds is 9. The van der Waals surface area contributed by atoms with Gasteiger partial charge in [0.15, 0.2) is 11.6 Å². The summed E-state index contributed by atoms with van der Waals surface area (Å²) < 4.78 is 67.6. The number of piperazine rings is 1. The van der Waals surface area contributed by atoms with Crippen LogP contribution in [0.25, 0.3) is 0 Å². The molecule has 4 rings (SSSR count). The van der Waals surface area contributed by atoms with Crippen LogP contribution in [0, 0.1) is 17.6 Å². The lowest BCUT2D eigenvalue weighted by Crippen LogP contribution is -2.52. The highest BCUT2D eigenvalue weighted by atomic mass is 35.5. The minimum absolute atomic E-state index is 0.0715. The number of alkyl halides is 3. The van der Waals surface area contributed by atoms with Crippen LogP contribution in [0.15, 0.2) is 30.3 Å². The van der Waals surface area contributed by atoms with Gasteiger partial charge in [0.1, 0.15) is 0 Å². The van der Waals surface area contributed by atoms with Crippen LogP contribution in [-0.2, 0) is 11.3 Å². The van der Waals surface area contributed by atoms with Gasteiger partial charge >= 0.3 is 6.18 Å². The molecule has 2 amide bonds. The molecule has 39 heavy (non-hydrogen) atoms. The molecule has 1 saturated carbocycles. The SMILES string of the molecule is C[C@@H]1CN(c2cc(Cl)ccc2NC(=O)c2ccc(CNC(=O)CC3CC3)c(F)c2F)CCN1CCC(F)(F)F. The molecule has 1 aliphatic carbocycles. The Hall–Kier alpha value is -2.92. The van der Waals surface area contributed by atoms with Gasteiger partial charge in [-0.2, -0.15) is 13.2 Å². The van der Waals surface area contributed by atoms with Crippen LogP contribution >= 0.6 is 11.6 Å². The van der Waals surface area contributed by atoms with Gasteiger partial charge in [-0.1, -0.05) is 17.7 Å². The summed E-state index contributed by atoms with van der Waals surface area (Å²) in [6, 6.07) is 6.90. The summed E-state index contributed by atoms with van der Waals surface area (Å²) in [4.78, 5) is 28.5. The Morgan fingerprint density at radius 2 is 1.82 bits per heavy atom. The zero-order valence-corrected chi connectivity index (χ0v) is 22.1. The molecule has 0 radical (unpaired) electrons. The summed E-state index contributed by atoms with van der Waals surface area (Å²) in [7, 11) is 0. The molecule has 1 aliphatic heterocycles. The number of carbonyl (C=O) groups is 2. The second-order valence-corrected chi connectivity index (χ2v) is 10.6. The summed E-state index contributed by atoms with van der Waals surface area (Å²) in [6.45, 7) is 2.66. The molecular weight excluding hydrogens is 543 g/mol. The first kappa shape index (κ1) is 29.1. The normalized spacial score (nSPS) is 18.2. The Balaban J connectivity index is 1.43. The molecule has 2 N–H and O–H groups in total. The minimum Gasteiger partial charge on any atom is -0.367 e. The Morgan fingerprint density at radius 3 is 2.49 bits per heavy atom. The van der Waals surface area contributed by atoms with Gasteiger partial charge in [0.05, 0.1) is 23.4 Å². The van der Waals surface area contributed by atoms with E-state index in [1.165, 1.54) is 18.2 Å². The van der Waals surface area contributed by atoms with Crippen molar-refractivity contribution < 1.29 is 31.5 Å². The van der Waals surface area contributed by atoms with Gasteiger partial charge in [0.2, 0.25) is 5.91 Å². The van der Waals surface area contributed by atoms with E-state index in [-0.39, 0.29) is 30.6 Å². The van der Waals surface area contributed by atoms with Crippen molar-refractivity contribution in [1.82, 2.24) is 10.2 Å². The first-order valence-corrected chi connectivity index (χ1v) is 13.2. The predicted molar refractivity (Wildman–Crippen MR) is 139 cm³/mol. The highest BCUT2D eigenvalue weighted by Gasteiger charge is 2.32. The minimum atomic E-state index is -4.24. The topological polar surface area (TPSA) is 64.7 Å². The van der Waals surface area contributed by atoms with Gasteiger partial charge in [0, 0.05) is 55.8 Å². The number of carbonyl (C=O) groups excluding carboxylic acids is 2. The number of nitrogens with zero attached hydrogens (tertiary/aromatic N) is 2. The van der Waals surface area contributed by atoms with Gasteiger partial charge in [-0.3, -0.25) is 14.5 Å². The maximum absolute atomic E-state index is 14.9. The van der Waals surface area contributed by atoms with Crippen LogP contribution in [-0.4, -0.2) is 55.1 Å². The first-order valence-electron chi connectivity index (χ1n) is 12.8. The van der Waals surface area contributed by atoms with Crippen LogP contribution < -0.4 is 15.5 Å². The van der Waals surface area contributed by atoms with Crippen LogP contribution in [0.3, 0.4) is 0 Å². The van der Waals surface area contributed by atoms with Crippen LogP contribution in [0.5, 0.6) is 0 Å². The lowest BCUT2D eigenvalue weighted by atomic mass is 10.1.